The number of carbonyl (C=O) groups excluding carboxylic acids is 1. The third kappa shape index (κ3) is 3.76. The van der Waals surface area contributed by atoms with E-state index in [-0.39, 0.29) is 18.0 Å². The molecular formula is C19H22F3N3O. The fourth-order valence-electron chi connectivity index (χ4n) is 3.53. The van der Waals surface area contributed by atoms with Gasteiger partial charge in [-0.1, -0.05) is 12.8 Å². The fraction of sp³-hybridized carbons (Fsp3) is 0.474. The van der Waals surface area contributed by atoms with Crippen molar-refractivity contribution >= 4 is 5.91 Å². The Kier molecular flexibility index (Phi) is 5.07. The Morgan fingerprint density at radius 3 is 2.27 bits per heavy atom. The van der Waals surface area contributed by atoms with Crippen molar-refractivity contribution in [1.82, 2.24) is 14.7 Å². The van der Waals surface area contributed by atoms with Crippen LogP contribution in [-0.2, 0) is 6.18 Å². The number of nitrogens with zero attached hydrogens (tertiary/aromatic N) is 3. The first kappa shape index (κ1) is 18.5. The summed E-state index contributed by atoms with van der Waals surface area (Å²) in [4.78, 5) is 14.8. The number of benzene rings is 1. The fourth-order valence-corrected chi connectivity index (χ4v) is 3.53. The van der Waals surface area contributed by atoms with Gasteiger partial charge in [0, 0.05) is 23.8 Å². The van der Waals surface area contributed by atoms with Gasteiger partial charge in [0.2, 0.25) is 0 Å². The lowest BCUT2D eigenvalue weighted by atomic mass is 10.1. The minimum absolute atomic E-state index is 0.0325. The second-order valence-electron chi connectivity index (χ2n) is 6.93. The van der Waals surface area contributed by atoms with E-state index in [1.165, 1.54) is 6.20 Å². The summed E-state index contributed by atoms with van der Waals surface area (Å²) in [7, 11) is 0. The van der Waals surface area contributed by atoms with Crippen LogP contribution in [0.25, 0.3) is 5.69 Å². The largest absolute Gasteiger partial charge is 0.435 e. The Balaban J connectivity index is 1.80. The molecule has 0 spiro atoms. The second kappa shape index (κ2) is 7.13. The summed E-state index contributed by atoms with van der Waals surface area (Å²) in [5, 5.41) is 3.55. The molecule has 1 aliphatic rings. The van der Waals surface area contributed by atoms with Crippen molar-refractivity contribution < 1.29 is 18.0 Å². The Morgan fingerprint density at radius 2 is 1.77 bits per heavy atom. The van der Waals surface area contributed by atoms with Gasteiger partial charge in [0.1, 0.15) is 0 Å². The number of hydrogen-bond donors (Lipinski definition) is 0. The molecule has 3 rings (SSSR count). The van der Waals surface area contributed by atoms with Crippen LogP contribution in [0.2, 0.25) is 0 Å². The molecule has 0 radical (unpaired) electrons. The summed E-state index contributed by atoms with van der Waals surface area (Å²) in [6.45, 7) is 4.01. The number of carbonyl (C=O) groups is 1. The summed E-state index contributed by atoms with van der Waals surface area (Å²) in [6, 6.07) is 7.84. The Morgan fingerprint density at radius 1 is 1.15 bits per heavy atom. The molecule has 0 bridgehead atoms. The van der Waals surface area contributed by atoms with E-state index in [2.05, 4.69) is 5.10 Å². The third-order valence-electron chi connectivity index (χ3n) is 4.77. The van der Waals surface area contributed by atoms with E-state index >= 15 is 0 Å². The highest BCUT2D eigenvalue weighted by molar-refractivity contribution is 5.94. The third-order valence-corrected chi connectivity index (χ3v) is 4.77. The highest BCUT2D eigenvalue weighted by Crippen LogP contribution is 2.29. The first-order chi connectivity index (χ1) is 12.3. The summed E-state index contributed by atoms with van der Waals surface area (Å²) in [5.41, 5.74) is 0.0800. The van der Waals surface area contributed by atoms with E-state index in [1.807, 2.05) is 18.7 Å². The smallest absolute Gasteiger partial charge is 0.333 e. The van der Waals surface area contributed by atoms with E-state index < -0.39 is 11.9 Å². The maximum absolute atomic E-state index is 12.9. The first-order valence-corrected chi connectivity index (χ1v) is 8.83. The highest BCUT2D eigenvalue weighted by atomic mass is 19.4. The van der Waals surface area contributed by atoms with E-state index in [0.29, 0.717) is 11.3 Å². The summed E-state index contributed by atoms with van der Waals surface area (Å²) in [6.07, 6.45) is 1.12. The van der Waals surface area contributed by atoms with Gasteiger partial charge in [-0.15, -0.1) is 0 Å². The highest BCUT2D eigenvalue weighted by Gasteiger charge is 2.33. The first-order valence-electron chi connectivity index (χ1n) is 8.83. The molecule has 1 aromatic heterocycles. The molecule has 7 heteroatoms. The lowest BCUT2D eigenvalue weighted by molar-refractivity contribution is -0.141. The number of rotatable bonds is 4. The Labute approximate surface area is 150 Å². The van der Waals surface area contributed by atoms with E-state index in [4.69, 9.17) is 0 Å². The minimum atomic E-state index is -4.47. The van der Waals surface area contributed by atoms with Crippen LogP contribution in [0.3, 0.4) is 0 Å². The summed E-state index contributed by atoms with van der Waals surface area (Å²) >= 11 is 0. The number of alkyl halides is 3. The van der Waals surface area contributed by atoms with E-state index in [1.54, 1.807) is 24.3 Å². The van der Waals surface area contributed by atoms with Crippen molar-refractivity contribution in [2.24, 2.45) is 0 Å². The van der Waals surface area contributed by atoms with Gasteiger partial charge in [0.25, 0.3) is 5.91 Å². The molecule has 4 nitrogen and oxygen atoms in total. The van der Waals surface area contributed by atoms with Crippen LogP contribution in [0.5, 0.6) is 0 Å². The van der Waals surface area contributed by atoms with Crippen molar-refractivity contribution in [3.05, 3.63) is 47.8 Å². The maximum Gasteiger partial charge on any atom is 0.435 e. The molecule has 0 N–H and O–H groups in total. The van der Waals surface area contributed by atoms with Crippen molar-refractivity contribution in [2.45, 2.75) is 57.8 Å². The van der Waals surface area contributed by atoms with E-state index in [9.17, 15) is 18.0 Å². The topological polar surface area (TPSA) is 38.1 Å². The molecule has 26 heavy (non-hydrogen) atoms. The Bertz CT molecular complexity index is 759. The average molecular weight is 365 g/mol. The van der Waals surface area contributed by atoms with Crippen LogP contribution in [0.4, 0.5) is 13.2 Å². The van der Waals surface area contributed by atoms with Gasteiger partial charge in [-0.25, -0.2) is 4.68 Å². The predicted molar refractivity (Wildman–Crippen MR) is 92.1 cm³/mol. The lowest BCUT2D eigenvalue weighted by Gasteiger charge is -2.33. The molecule has 1 aliphatic carbocycles. The van der Waals surface area contributed by atoms with Crippen LogP contribution < -0.4 is 0 Å². The molecule has 0 unspecified atom stereocenters. The minimum Gasteiger partial charge on any atom is -0.333 e. The quantitative estimate of drug-likeness (QED) is 0.789. The average Bonchev–Trinajstić information content (AvgIpc) is 3.26. The number of aromatic nitrogens is 2. The maximum atomic E-state index is 12.9. The van der Waals surface area contributed by atoms with Crippen molar-refractivity contribution in [3.63, 3.8) is 0 Å². The molecule has 0 aliphatic heterocycles. The molecular weight excluding hydrogens is 343 g/mol. The van der Waals surface area contributed by atoms with Gasteiger partial charge in [0.05, 0.1) is 5.69 Å². The lowest BCUT2D eigenvalue weighted by Crippen LogP contribution is -2.43. The summed E-state index contributed by atoms with van der Waals surface area (Å²) < 4.78 is 39.2. The van der Waals surface area contributed by atoms with Crippen LogP contribution in [0.1, 0.15) is 55.6 Å². The van der Waals surface area contributed by atoms with Crippen molar-refractivity contribution in [3.8, 4) is 5.69 Å². The SMILES string of the molecule is CC(C)N(C(=O)c1ccc(-n2ccc(C(F)(F)F)n2)cc1)C1CCCC1. The molecule has 1 fully saturated rings. The second-order valence-corrected chi connectivity index (χ2v) is 6.93. The standard InChI is InChI=1S/C19H22F3N3O/c1-13(2)25(16-5-3-4-6-16)18(26)14-7-9-15(10-8-14)24-12-11-17(23-24)19(20,21)22/h7-13,16H,3-6H2,1-2H3. The summed E-state index contributed by atoms with van der Waals surface area (Å²) in [5.74, 6) is -0.0325. The van der Waals surface area contributed by atoms with Crippen molar-refractivity contribution in [2.75, 3.05) is 0 Å². The van der Waals surface area contributed by atoms with Crippen LogP contribution in [0.15, 0.2) is 36.5 Å². The van der Waals surface area contributed by atoms with Crippen LogP contribution in [-0.4, -0.2) is 32.7 Å². The molecule has 2 aromatic rings. The zero-order valence-electron chi connectivity index (χ0n) is 14.8. The van der Waals surface area contributed by atoms with Gasteiger partial charge in [-0.2, -0.15) is 18.3 Å². The van der Waals surface area contributed by atoms with Crippen LogP contribution in [0, 0.1) is 0 Å². The zero-order chi connectivity index (χ0) is 18.9. The molecule has 1 amide bonds. The Hall–Kier alpha value is -2.31. The number of halogens is 3. The van der Waals surface area contributed by atoms with Crippen LogP contribution >= 0.6 is 0 Å². The number of amides is 1. The molecule has 1 aromatic carbocycles. The van der Waals surface area contributed by atoms with Crippen molar-refractivity contribution in [1.29, 1.82) is 0 Å². The van der Waals surface area contributed by atoms with Gasteiger partial charge < -0.3 is 4.90 Å². The molecule has 1 heterocycles. The molecule has 0 saturated heterocycles. The molecule has 0 atom stereocenters. The van der Waals surface area contributed by atoms with Gasteiger partial charge in [-0.3, -0.25) is 4.79 Å². The van der Waals surface area contributed by atoms with E-state index in [0.717, 1.165) is 36.4 Å². The predicted octanol–water partition coefficient (Wildman–Crippen LogP) is 4.68. The monoisotopic (exact) mass is 365 g/mol. The van der Waals surface area contributed by atoms with Gasteiger partial charge in [-0.05, 0) is 57.0 Å². The normalized spacial score (nSPS) is 15.6. The number of hydrogen-bond acceptors (Lipinski definition) is 2. The molecule has 140 valence electrons. The molecule has 1 saturated carbocycles. The zero-order valence-corrected chi connectivity index (χ0v) is 14.8. The van der Waals surface area contributed by atoms with Gasteiger partial charge >= 0.3 is 6.18 Å². The van der Waals surface area contributed by atoms with Gasteiger partial charge in [0.15, 0.2) is 5.69 Å².